The van der Waals surface area contributed by atoms with Crippen molar-refractivity contribution in [1.29, 1.82) is 0 Å². The van der Waals surface area contributed by atoms with Crippen molar-refractivity contribution in [2.24, 2.45) is 0 Å². The van der Waals surface area contributed by atoms with Crippen LogP contribution in [0.5, 0.6) is 0 Å². The molecule has 0 aliphatic carbocycles. The number of halogens is 1. The van der Waals surface area contributed by atoms with Gasteiger partial charge in [-0.25, -0.2) is 0 Å². The lowest BCUT2D eigenvalue weighted by atomic mass is 10.2. The Bertz CT molecular complexity index is 143. The van der Waals surface area contributed by atoms with Gasteiger partial charge in [0.05, 0.1) is 0 Å². The predicted octanol–water partition coefficient (Wildman–Crippen LogP) is 3.74. The molecule has 0 unspecified atom stereocenters. The molecule has 0 saturated heterocycles. The molecule has 0 aliphatic rings. The minimum absolute atomic E-state index is 0.0265. The monoisotopic (exact) mass is 234 g/mol. The first-order valence-corrected chi connectivity index (χ1v) is 6.32. The number of hydrogen-bond acceptors (Lipinski definition) is 2. The topological polar surface area (TPSA) is 18.5 Å². The second-order valence-corrected chi connectivity index (χ2v) is 3.60. The Kier molecular flexibility index (Phi) is 12.0. The molecule has 0 aromatic rings. The third-order valence-corrected chi connectivity index (χ3v) is 2.18. The van der Waals surface area contributed by atoms with Crippen molar-refractivity contribution >= 4 is 11.6 Å². The molecule has 0 fully saturated rings. The highest BCUT2D eigenvalue weighted by Gasteiger charge is 2.05. The molecule has 2 nitrogen and oxygen atoms in total. The first kappa shape index (κ1) is 14.9. The van der Waals surface area contributed by atoms with E-state index in [1.165, 1.54) is 0 Å². The summed E-state index contributed by atoms with van der Waals surface area (Å²) < 4.78 is 10.9. The summed E-state index contributed by atoms with van der Waals surface area (Å²) in [7, 11) is 0. The minimum Gasteiger partial charge on any atom is -0.353 e. The molecule has 0 amide bonds. The van der Waals surface area contributed by atoms with E-state index in [9.17, 15) is 0 Å². The van der Waals surface area contributed by atoms with Crippen molar-refractivity contribution in [3.8, 4) is 0 Å². The van der Waals surface area contributed by atoms with Crippen LogP contribution in [-0.4, -0.2) is 25.4 Å². The van der Waals surface area contributed by atoms with Crippen molar-refractivity contribution in [2.75, 3.05) is 19.1 Å². The summed E-state index contributed by atoms with van der Waals surface area (Å²) in [6.07, 6.45) is 8.38. The van der Waals surface area contributed by atoms with Crippen LogP contribution in [0, 0.1) is 0 Å². The molecule has 0 radical (unpaired) electrons. The normalized spacial score (nSPS) is 11.7. The molecule has 0 rings (SSSR count). The molecule has 0 saturated carbocycles. The zero-order valence-corrected chi connectivity index (χ0v) is 10.6. The van der Waals surface area contributed by atoms with Crippen LogP contribution in [0.4, 0.5) is 0 Å². The van der Waals surface area contributed by atoms with Gasteiger partial charge in [-0.1, -0.05) is 12.2 Å². The predicted molar refractivity (Wildman–Crippen MR) is 65.4 cm³/mol. The number of rotatable bonds is 10. The number of ether oxygens (including phenoxy) is 2. The van der Waals surface area contributed by atoms with Crippen LogP contribution in [0.2, 0.25) is 0 Å². The first-order chi connectivity index (χ1) is 7.35. The van der Waals surface area contributed by atoms with E-state index in [1.807, 2.05) is 13.8 Å². The third kappa shape index (κ3) is 10.2. The summed E-state index contributed by atoms with van der Waals surface area (Å²) >= 11 is 5.56. The lowest BCUT2D eigenvalue weighted by Gasteiger charge is -2.15. The average molecular weight is 235 g/mol. The van der Waals surface area contributed by atoms with Crippen LogP contribution >= 0.6 is 11.6 Å². The lowest BCUT2D eigenvalue weighted by molar-refractivity contribution is -0.139. The van der Waals surface area contributed by atoms with Crippen molar-refractivity contribution in [3.63, 3.8) is 0 Å². The molecule has 0 bridgehead atoms. The van der Waals surface area contributed by atoms with E-state index in [0.717, 1.165) is 25.7 Å². The Balaban J connectivity index is 3.43. The highest BCUT2D eigenvalue weighted by Crippen LogP contribution is 2.07. The van der Waals surface area contributed by atoms with Crippen LogP contribution in [0.1, 0.15) is 39.5 Å². The molecule has 0 heterocycles. The Morgan fingerprint density at radius 3 is 2.20 bits per heavy atom. The van der Waals surface area contributed by atoms with Gasteiger partial charge in [-0.15, -0.1) is 11.6 Å². The summed E-state index contributed by atoms with van der Waals surface area (Å²) in [6, 6.07) is 0. The number of alkyl halides is 1. The molecule has 0 spiro atoms. The van der Waals surface area contributed by atoms with Crippen LogP contribution in [0.25, 0.3) is 0 Å². The van der Waals surface area contributed by atoms with E-state index in [0.29, 0.717) is 19.1 Å². The number of unbranched alkanes of at least 4 members (excludes halogenated alkanes) is 1. The van der Waals surface area contributed by atoms with Gasteiger partial charge in [0.25, 0.3) is 0 Å². The van der Waals surface area contributed by atoms with E-state index in [-0.39, 0.29) is 6.29 Å². The van der Waals surface area contributed by atoms with Gasteiger partial charge in [0.15, 0.2) is 6.29 Å². The Morgan fingerprint density at radius 2 is 1.67 bits per heavy atom. The van der Waals surface area contributed by atoms with Crippen molar-refractivity contribution in [1.82, 2.24) is 0 Å². The van der Waals surface area contributed by atoms with Gasteiger partial charge in [-0.05, 0) is 39.5 Å². The lowest BCUT2D eigenvalue weighted by Crippen LogP contribution is -2.16. The highest BCUT2D eigenvalue weighted by atomic mass is 35.5. The third-order valence-electron chi connectivity index (χ3n) is 1.96. The van der Waals surface area contributed by atoms with E-state index in [2.05, 4.69) is 12.2 Å². The molecule has 3 heteroatoms. The summed E-state index contributed by atoms with van der Waals surface area (Å²) in [5.74, 6) is 0.705. The van der Waals surface area contributed by atoms with Gasteiger partial charge in [-0.3, -0.25) is 0 Å². The fraction of sp³-hybridized carbons (Fsp3) is 0.833. The molecule has 0 aliphatic heterocycles. The highest BCUT2D eigenvalue weighted by molar-refractivity contribution is 6.17. The fourth-order valence-corrected chi connectivity index (χ4v) is 1.41. The minimum atomic E-state index is -0.0265. The zero-order chi connectivity index (χ0) is 11.4. The van der Waals surface area contributed by atoms with Crippen LogP contribution in [0.3, 0.4) is 0 Å². The van der Waals surface area contributed by atoms with Crippen molar-refractivity contribution in [2.45, 2.75) is 45.8 Å². The van der Waals surface area contributed by atoms with Gasteiger partial charge >= 0.3 is 0 Å². The molecule has 0 atom stereocenters. The molecular weight excluding hydrogens is 212 g/mol. The maximum atomic E-state index is 5.56. The summed E-state index contributed by atoms with van der Waals surface area (Å²) in [5.41, 5.74) is 0. The van der Waals surface area contributed by atoms with Crippen LogP contribution in [-0.2, 0) is 9.47 Å². The fourth-order valence-electron chi connectivity index (χ4n) is 1.29. The van der Waals surface area contributed by atoms with E-state index < -0.39 is 0 Å². The van der Waals surface area contributed by atoms with Crippen molar-refractivity contribution < 1.29 is 9.47 Å². The van der Waals surface area contributed by atoms with E-state index in [4.69, 9.17) is 21.1 Å². The van der Waals surface area contributed by atoms with Gasteiger partial charge in [0, 0.05) is 19.1 Å². The van der Waals surface area contributed by atoms with Gasteiger partial charge < -0.3 is 9.47 Å². The molecule has 0 aromatic heterocycles. The maximum Gasteiger partial charge on any atom is 0.157 e. The second kappa shape index (κ2) is 12.0. The van der Waals surface area contributed by atoms with Crippen LogP contribution < -0.4 is 0 Å². The summed E-state index contributed by atoms with van der Waals surface area (Å²) in [5, 5.41) is 0. The smallest absolute Gasteiger partial charge is 0.157 e. The van der Waals surface area contributed by atoms with Gasteiger partial charge in [0.1, 0.15) is 0 Å². The molecule has 0 N–H and O–H groups in total. The van der Waals surface area contributed by atoms with Crippen molar-refractivity contribution in [3.05, 3.63) is 12.2 Å². The van der Waals surface area contributed by atoms with Crippen LogP contribution in [0.15, 0.2) is 12.2 Å². The Morgan fingerprint density at radius 1 is 1.07 bits per heavy atom. The number of allylic oxidation sites excluding steroid dienone is 2. The zero-order valence-electron chi connectivity index (χ0n) is 9.88. The Labute approximate surface area is 98.6 Å². The quantitative estimate of drug-likeness (QED) is 0.248. The van der Waals surface area contributed by atoms with Gasteiger partial charge in [-0.2, -0.15) is 0 Å². The molecule has 0 aromatic carbocycles. The molecule has 90 valence electrons. The molecule has 15 heavy (non-hydrogen) atoms. The number of hydrogen-bond donors (Lipinski definition) is 0. The van der Waals surface area contributed by atoms with E-state index in [1.54, 1.807) is 0 Å². The second-order valence-electron chi connectivity index (χ2n) is 3.22. The standard InChI is InChI=1S/C12H23ClO2/c1-3-14-12(15-4-2)10-8-6-5-7-9-11-13/h5,7,12H,3-4,6,8-11H2,1-2H3/b7-5-. The average Bonchev–Trinajstić information content (AvgIpc) is 2.24. The first-order valence-electron chi connectivity index (χ1n) is 5.79. The SMILES string of the molecule is CCOC(CCC/C=C\CCCl)OCC. The summed E-state index contributed by atoms with van der Waals surface area (Å²) in [4.78, 5) is 0. The summed E-state index contributed by atoms with van der Waals surface area (Å²) in [6.45, 7) is 5.41. The largest absolute Gasteiger partial charge is 0.353 e. The maximum absolute atomic E-state index is 5.56. The van der Waals surface area contributed by atoms with Gasteiger partial charge in [0.2, 0.25) is 0 Å². The van der Waals surface area contributed by atoms with E-state index >= 15 is 0 Å². The Hall–Kier alpha value is -0.0500. The molecular formula is C12H23ClO2.